The molecule has 106 valence electrons. The quantitative estimate of drug-likeness (QED) is 0.907. The summed E-state index contributed by atoms with van der Waals surface area (Å²) in [5.74, 6) is 0.322. The maximum Gasteiger partial charge on any atom is 0.133 e. The molecule has 19 heavy (non-hydrogen) atoms. The van der Waals surface area contributed by atoms with Crippen molar-refractivity contribution < 1.29 is 5.11 Å². The van der Waals surface area contributed by atoms with Crippen LogP contribution >= 0.6 is 27.5 Å². The van der Waals surface area contributed by atoms with Gasteiger partial charge in [-0.05, 0) is 60.1 Å². The lowest BCUT2D eigenvalue weighted by Gasteiger charge is -2.32. The molecule has 5 heteroatoms. The van der Waals surface area contributed by atoms with Gasteiger partial charge in [-0.2, -0.15) is 0 Å². The lowest BCUT2D eigenvalue weighted by molar-refractivity contribution is 0.153. The van der Waals surface area contributed by atoms with Crippen molar-refractivity contribution in [3.63, 3.8) is 0 Å². The van der Waals surface area contributed by atoms with Crippen LogP contribution in [0.2, 0.25) is 5.02 Å². The van der Waals surface area contributed by atoms with Gasteiger partial charge in [-0.15, -0.1) is 0 Å². The van der Waals surface area contributed by atoms with E-state index in [0.29, 0.717) is 15.2 Å². The number of piperazine rings is 1. The maximum atomic E-state index is 9.97. The number of hydrogen-bond acceptors (Lipinski definition) is 3. The predicted octanol–water partition coefficient (Wildman–Crippen LogP) is 2.99. The van der Waals surface area contributed by atoms with Gasteiger partial charge in [-0.25, -0.2) is 0 Å². The molecule has 1 aliphatic heterocycles. The van der Waals surface area contributed by atoms with Crippen molar-refractivity contribution >= 4 is 27.5 Å². The summed E-state index contributed by atoms with van der Waals surface area (Å²) in [5.41, 5.74) is 0.925. The molecule has 0 atom stereocenters. The van der Waals surface area contributed by atoms with E-state index in [2.05, 4.69) is 32.8 Å². The summed E-state index contributed by atoms with van der Waals surface area (Å²) in [6.45, 7) is 5.66. The van der Waals surface area contributed by atoms with E-state index >= 15 is 0 Å². The zero-order chi connectivity index (χ0) is 13.8. The molecule has 1 saturated heterocycles. The largest absolute Gasteiger partial charge is 0.506 e. The Morgan fingerprint density at radius 1 is 1.26 bits per heavy atom. The average molecular weight is 348 g/mol. The van der Waals surface area contributed by atoms with Crippen molar-refractivity contribution in [2.45, 2.75) is 12.8 Å². The van der Waals surface area contributed by atoms with Gasteiger partial charge in [-0.3, -0.25) is 0 Å². The predicted molar refractivity (Wildman–Crippen MR) is 83.1 cm³/mol. The number of rotatable bonds is 4. The summed E-state index contributed by atoms with van der Waals surface area (Å²) in [6, 6.07) is 3.58. The summed E-state index contributed by atoms with van der Waals surface area (Å²) in [7, 11) is 2.17. The molecule has 1 fully saturated rings. The molecule has 0 saturated carbocycles. The third-order valence-electron chi connectivity index (χ3n) is 3.62. The number of phenolic OH excluding ortho intramolecular Hbond substituents is 1. The van der Waals surface area contributed by atoms with Crippen LogP contribution in [0, 0.1) is 0 Å². The molecular weight excluding hydrogens is 328 g/mol. The Labute approximate surface area is 128 Å². The van der Waals surface area contributed by atoms with Crippen LogP contribution in [0.1, 0.15) is 12.0 Å². The van der Waals surface area contributed by atoms with Gasteiger partial charge in [0, 0.05) is 31.2 Å². The third kappa shape index (κ3) is 4.35. The second-order valence-corrected chi connectivity index (χ2v) is 6.43. The van der Waals surface area contributed by atoms with Gasteiger partial charge >= 0.3 is 0 Å². The number of aryl methyl sites for hydroxylation is 1. The average Bonchev–Trinajstić information content (AvgIpc) is 2.37. The highest BCUT2D eigenvalue weighted by atomic mass is 79.9. The Kier molecular flexibility index (Phi) is 5.51. The van der Waals surface area contributed by atoms with Crippen molar-refractivity contribution in [2.75, 3.05) is 39.8 Å². The molecule has 3 nitrogen and oxygen atoms in total. The standard InChI is InChI=1S/C14H20BrClN2O/c1-17-5-7-18(8-6-17)4-2-3-11-9-12(16)10-13(15)14(11)19/h9-10,19H,2-8H2,1H3. The summed E-state index contributed by atoms with van der Waals surface area (Å²) in [6.07, 6.45) is 1.90. The molecular formula is C14H20BrClN2O. The summed E-state index contributed by atoms with van der Waals surface area (Å²) < 4.78 is 0.676. The van der Waals surface area contributed by atoms with E-state index < -0.39 is 0 Å². The minimum Gasteiger partial charge on any atom is -0.506 e. The van der Waals surface area contributed by atoms with Crippen molar-refractivity contribution in [1.29, 1.82) is 0 Å². The first-order chi connectivity index (χ1) is 9.06. The number of likely N-dealkylation sites (N-methyl/N-ethyl adjacent to an activating group) is 1. The lowest BCUT2D eigenvalue weighted by atomic mass is 10.1. The molecule has 0 amide bonds. The molecule has 2 rings (SSSR count). The van der Waals surface area contributed by atoms with Gasteiger partial charge in [0.25, 0.3) is 0 Å². The van der Waals surface area contributed by atoms with Crippen molar-refractivity contribution in [3.05, 3.63) is 27.2 Å². The number of halogens is 2. The maximum absolute atomic E-state index is 9.97. The van der Waals surface area contributed by atoms with E-state index in [1.165, 1.54) is 0 Å². The zero-order valence-electron chi connectivity index (χ0n) is 11.2. The third-order valence-corrected chi connectivity index (χ3v) is 4.45. The van der Waals surface area contributed by atoms with Crippen LogP contribution in [0.5, 0.6) is 5.75 Å². The molecule has 1 aromatic carbocycles. The fourth-order valence-corrected chi connectivity index (χ4v) is 3.25. The van der Waals surface area contributed by atoms with Gasteiger partial charge in [0.15, 0.2) is 0 Å². The molecule has 0 aromatic heterocycles. The number of phenols is 1. The molecule has 1 N–H and O–H groups in total. The first-order valence-electron chi connectivity index (χ1n) is 6.64. The van der Waals surface area contributed by atoms with Crippen LogP contribution in [0.15, 0.2) is 16.6 Å². The first kappa shape index (κ1) is 15.1. The highest BCUT2D eigenvalue weighted by Crippen LogP contribution is 2.32. The summed E-state index contributed by atoms with van der Waals surface area (Å²) in [4.78, 5) is 4.84. The fourth-order valence-electron chi connectivity index (χ4n) is 2.37. The van der Waals surface area contributed by atoms with Gasteiger partial charge in [-0.1, -0.05) is 11.6 Å². The van der Waals surface area contributed by atoms with Gasteiger partial charge < -0.3 is 14.9 Å². The van der Waals surface area contributed by atoms with Crippen LogP contribution < -0.4 is 0 Å². The number of nitrogens with zero attached hydrogens (tertiary/aromatic N) is 2. The number of hydrogen-bond donors (Lipinski definition) is 1. The monoisotopic (exact) mass is 346 g/mol. The highest BCUT2D eigenvalue weighted by Gasteiger charge is 2.13. The smallest absolute Gasteiger partial charge is 0.133 e. The normalized spacial score (nSPS) is 17.8. The second kappa shape index (κ2) is 6.93. The summed E-state index contributed by atoms with van der Waals surface area (Å²) >= 11 is 9.33. The molecule has 0 unspecified atom stereocenters. The Morgan fingerprint density at radius 3 is 2.63 bits per heavy atom. The van der Waals surface area contributed by atoms with Gasteiger partial charge in [0.05, 0.1) is 4.47 Å². The van der Waals surface area contributed by atoms with E-state index in [1.807, 2.05) is 6.07 Å². The van der Waals surface area contributed by atoms with E-state index in [1.54, 1.807) is 6.07 Å². The zero-order valence-corrected chi connectivity index (χ0v) is 13.5. The first-order valence-corrected chi connectivity index (χ1v) is 7.81. The number of aromatic hydroxyl groups is 1. The molecule has 1 aliphatic rings. The van der Waals surface area contributed by atoms with Crippen LogP contribution in [0.4, 0.5) is 0 Å². The van der Waals surface area contributed by atoms with Crippen LogP contribution in [-0.4, -0.2) is 54.7 Å². The molecule has 0 aliphatic carbocycles. The number of benzene rings is 1. The highest BCUT2D eigenvalue weighted by molar-refractivity contribution is 9.10. The molecule has 1 heterocycles. The van der Waals surface area contributed by atoms with E-state index in [4.69, 9.17) is 11.6 Å². The topological polar surface area (TPSA) is 26.7 Å². The Morgan fingerprint density at radius 2 is 1.95 bits per heavy atom. The van der Waals surface area contributed by atoms with E-state index in [9.17, 15) is 5.11 Å². The van der Waals surface area contributed by atoms with Crippen molar-refractivity contribution in [1.82, 2.24) is 9.80 Å². The van der Waals surface area contributed by atoms with Gasteiger partial charge in [0.2, 0.25) is 0 Å². The fraction of sp³-hybridized carbons (Fsp3) is 0.571. The Hall–Kier alpha value is -0.290. The van der Waals surface area contributed by atoms with Crippen molar-refractivity contribution in [2.24, 2.45) is 0 Å². The van der Waals surface area contributed by atoms with Crippen LogP contribution in [-0.2, 0) is 6.42 Å². The second-order valence-electron chi connectivity index (χ2n) is 5.14. The lowest BCUT2D eigenvalue weighted by Crippen LogP contribution is -2.44. The molecule has 0 bridgehead atoms. The van der Waals surface area contributed by atoms with E-state index in [-0.39, 0.29) is 0 Å². The Balaban J connectivity index is 1.83. The van der Waals surface area contributed by atoms with Crippen LogP contribution in [0.3, 0.4) is 0 Å². The molecule has 0 spiro atoms. The summed E-state index contributed by atoms with van der Waals surface area (Å²) in [5, 5.41) is 10.6. The van der Waals surface area contributed by atoms with Gasteiger partial charge in [0.1, 0.15) is 5.75 Å². The minimum absolute atomic E-state index is 0.322. The minimum atomic E-state index is 0.322. The van der Waals surface area contributed by atoms with Crippen LogP contribution in [0.25, 0.3) is 0 Å². The molecule has 0 radical (unpaired) electrons. The van der Waals surface area contributed by atoms with Crippen molar-refractivity contribution in [3.8, 4) is 5.75 Å². The Bertz CT molecular complexity index is 434. The molecule has 1 aromatic rings. The SMILES string of the molecule is CN1CCN(CCCc2cc(Cl)cc(Br)c2O)CC1. The van der Waals surface area contributed by atoms with E-state index in [0.717, 1.165) is 51.1 Å².